The van der Waals surface area contributed by atoms with Gasteiger partial charge in [-0.05, 0) is 83.9 Å². The van der Waals surface area contributed by atoms with Gasteiger partial charge in [0.25, 0.3) is 0 Å². The van der Waals surface area contributed by atoms with E-state index < -0.39 is 0 Å². The zero-order valence-electron chi connectivity index (χ0n) is 18.0. The molecule has 0 atom stereocenters. The van der Waals surface area contributed by atoms with Crippen molar-refractivity contribution >= 4 is 22.7 Å². The van der Waals surface area contributed by atoms with E-state index >= 15 is 0 Å². The maximum Gasteiger partial charge on any atom is 0.118 e. The van der Waals surface area contributed by atoms with Crippen molar-refractivity contribution in [2.75, 3.05) is 23.1 Å². The van der Waals surface area contributed by atoms with Gasteiger partial charge in [0.2, 0.25) is 0 Å². The average Bonchev–Trinajstić information content (AvgIpc) is 2.84. The highest BCUT2D eigenvalue weighted by Crippen LogP contribution is 2.22. The van der Waals surface area contributed by atoms with Crippen LogP contribution in [0, 0.1) is 0 Å². The number of aromatic hydroxyl groups is 1. The highest BCUT2D eigenvalue weighted by Gasteiger charge is 2.00. The molecule has 32 heavy (non-hydrogen) atoms. The van der Waals surface area contributed by atoms with Gasteiger partial charge in [0.05, 0.1) is 7.11 Å². The molecule has 162 valence electrons. The quantitative estimate of drug-likeness (QED) is 0.251. The Morgan fingerprint density at radius 2 is 0.969 bits per heavy atom. The first-order chi connectivity index (χ1) is 15.7. The third-order valence-corrected chi connectivity index (χ3v) is 5.15. The van der Waals surface area contributed by atoms with Crippen molar-refractivity contribution in [2.45, 2.75) is 13.1 Å². The van der Waals surface area contributed by atoms with Gasteiger partial charge >= 0.3 is 0 Å². The van der Waals surface area contributed by atoms with Crippen LogP contribution in [0.15, 0.2) is 97.1 Å². The van der Waals surface area contributed by atoms with Crippen LogP contribution in [0.5, 0.6) is 11.5 Å². The molecule has 5 heteroatoms. The normalized spacial score (nSPS) is 10.4. The van der Waals surface area contributed by atoms with Gasteiger partial charge in [-0.15, -0.1) is 0 Å². The van der Waals surface area contributed by atoms with Gasteiger partial charge in [0.15, 0.2) is 0 Å². The Morgan fingerprint density at radius 3 is 1.41 bits per heavy atom. The first-order valence-corrected chi connectivity index (χ1v) is 10.5. The lowest BCUT2D eigenvalue weighted by atomic mass is 10.2. The Balaban J connectivity index is 1.26. The number of hydrogen-bond donors (Lipinski definition) is 4. The lowest BCUT2D eigenvalue weighted by Crippen LogP contribution is -2.00. The van der Waals surface area contributed by atoms with Gasteiger partial charge in [-0.2, -0.15) is 0 Å². The summed E-state index contributed by atoms with van der Waals surface area (Å²) in [6.45, 7) is 1.47. The lowest BCUT2D eigenvalue weighted by molar-refractivity contribution is 0.414. The second-order valence-corrected chi connectivity index (χ2v) is 7.50. The van der Waals surface area contributed by atoms with Crippen LogP contribution in [-0.4, -0.2) is 12.2 Å². The summed E-state index contributed by atoms with van der Waals surface area (Å²) in [5.41, 5.74) is 6.49. The molecule has 0 unspecified atom stereocenters. The SMILES string of the molecule is COc1ccc(CNc2ccc(Nc3ccc(NCc4ccc(O)cc4)cc3)cc2)cc1. The van der Waals surface area contributed by atoms with E-state index in [1.54, 1.807) is 19.2 Å². The largest absolute Gasteiger partial charge is 0.508 e. The highest BCUT2D eigenvalue weighted by molar-refractivity contribution is 5.64. The molecule has 0 amide bonds. The van der Waals surface area contributed by atoms with Gasteiger partial charge in [-0.25, -0.2) is 0 Å². The Hall–Kier alpha value is -4.12. The minimum Gasteiger partial charge on any atom is -0.508 e. The van der Waals surface area contributed by atoms with E-state index in [9.17, 15) is 5.11 Å². The first-order valence-electron chi connectivity index (χ1n) is 10.5. The van der Waals surface area contributed by atoms with Crippen molar-refractivity contribution in [3.05, 3.63) is 108 Å². The van der Waals surface area contributed by atoms with Crippen molar-refractivity contribution in [1.82, 2.24) is 0 Å². The summed E-state index contributed by atoms with van der Waals surface area (Å²) in [6, 6.07) is 31.7. The molecule has 0 aliphatic heterocycles. The fourth-order valence-corrected chi connectivity index (χ4v) is 3.27. The molecule has 0 saturated heterocycles. The molecule has 0 saturated carbocycles. The van der Waals surface area contributed by atoms with Crippen LogP contribution in [0.25, 0.3) is 0 Å². The highest BCUT2D eigenvalue weighted by atomic mass is 16.5. The smallest absolute Gasteiger partial charge is 0.118 e. The number of nitrogens with one attached hydrogen (secondary N) is 3. The predicted molar refractivity (Wildman–Crippen MR) is 132 cm³/mol. The zero-order valence-corrected chi connectivity index (χ0v) is 18.0. The minimum absolute atomic E-state index is 0.283. The predicted octanol–water partition coefficient (Wildman–Crippen LogP) is 6.37. The maximum absolute atomic E-state index is 9.36. The number of hydrogen-bond acceptors (Lipinski definition) is 5. The third-order valence-electron chi connectivity index (χ3n) is 5.15. The number of methoxy groups -OCH3 is 1. The number of ether oxygens (including phenoxy) is 1. The van der Waals surface area contributed by atoms with Crippen LogP contribution >= 0.6 is 0 Å². The molecule has 0 aliphatic carbocycles. The Kier molecular flexibility index (Phi) is 6.78. The first kappa shape index (κ1) is 21.1. The molecule has 4 N–H and O–H groups in total. The van der Waals surface area contributed by atoms with Crippen molar-refractivity contribution in [3.63, 3.8) is 0 Å². The van der Waals surface area contributed by atoms with Crippen LogP contribution in [0.4, 0.5) is 22.7 Å². The van der Waals surface area contributed by atoms with E-state index in [0.29, 0.717) is 6.54 Å². The van der Waals surface area contributed by atoms with Crippen molar-refractivity contribution in [2.24, 2.45) is 0 Å². The summed E-state index contributed by atoms with van der Waals surface area (Å²) in [7, 11) is 1.67. The minimum atomic E-state index is 0.283. The molecule has 0 bridgehead atoms. The average molecular weight is 426 g/mol. The molecule has 4 rings (SSSR count). The van der Waals surface area contributed by atoms with Crippen molar-refractivity contribution < 1.29 is 9.84 Å². The summed E-state index contributed by atoms with van der Waals surface area (Å²) in [5, 5.41) is 19.6. The molecular formula is C27H27N3O2. The Bertz CT molecular complexity index is 1110. The molecule has 0 heterocycles. The molecule has 5 nitrogen and oxygen atoms in total. The number of benzene rings is 4. The zero-order chi connectivity index (χ0) is 22.2. The summed E-state index contributed by atoms with van der Waals surface area (Å²) in [4.78, 5) is 0. The van der Waals surface area contributed by atoms with E-state index in [1.807, 2.05) is 36.4 Å². The second-order valence-electron chi connectivity index (χ2n) is 7.50. The van der Waals surface area contributed by atoms with Gasteiger partial charge in [0.1, 0.15) is 11.5 Å². The Morgan fingerprint density at radius 1 is 0.562 bits per heavy atom. The number of anilines is 4. The fourth-order valence-electron chi connectivity index (χ4n) is 3.27. The van der Waals surface area contributed by atoms with Gasteiger partial charge in [-0.3, -0.25) is 0 Å². The number of rotatable bonds is 9. The summed E-state index contributed by atoms with van der Waals surface area (Å²) in [6.07, 6.45) is 0. The maximum atomic E-state index is 9.36. The number of phenols is 1. The molecule has 0 fully saturated rings. The molecule has 0 aromatic heterocycles. The van der Waals surface area contributed by atoms with Crippen LogP contribution in [0.3, 0.4) is 0 Å². The summed E-state index contributed by atoms with van der Waals surface area (Å²) in [5.74, 6) is 1.15. The van der Waals surface area contributed by atoms with E-state index in [-0.39, 0.29) is 5.75 Å². The van der Waals surface area contributed by atoms with Gasteiger partial charge < -0.3 is 25.8 Å². The summed E-state index contributed by atoms with van der Waals surface area (Å²) < 4.78 is 5.20. The van der Waals surface area contributed by atoms with E-state index in [4.69, 9.17) is 4.74 Å². The lowest BCUT2D eigenvalue weighted by Gasteiger charge is -2.11. The standard InChI is InChI=1S/C27H27N3O2/c1-32-27-16-4-21(5-17-27)19-29-23-8-12-25(13-9-23)30-24-10-6-22(7-11-24)28-18-20-2-14-26(31)15-3-20/h2-17,28-31H,18-19H2,1H3. The van der Waals surface area contributed by atoms with E-state index in [0.717, 1.165) is 40.6 Å². The van der Waals surface area contributed by atoms with Crippen molar-refractivity contribution in [1.29, 1.82) is 0 Å². The number of phenolic OH excluding ortho intramolecular Hbond substituents is 1. The topological polar surface area (TPSA) is 65.5 Å². The van der Waals surface area contributed by atoms with Gasteiger partial charge in [0, 0.05) is 35.8 Å². The van der Waals surface area contributed by atoms with Crippen LogP contribution in [0.2, 0.25) is 0 Å². The van der Waals surface area contributed by atoms with Crippen molar-refractivity contribution in [3.8, 4) is 11.5 Å². The monoisotopic (exact) mass is 425 g/mol. The molecule has 0 radical (unpaired) electrons. The molecule has 0 aliphatic rings. The second kappa shape index (κ2) is 10.3. The van der Waals surface area contributed by atoms with E-state index in [2.05, 4.69) is 64.5 Å². The third kappa shape index (κ3) is 5.95. The fraction of sp³-hybridized carbons (Fsp3) is 0.111. The molecule has 4 aromatic rings. The van der Waals surface area contributed by atoms with Crippen LogP contribution in [0.1, 0.15) is 11.1 Å². The van der Waals surface area contributed by atoms with E-state index in [1.165, 1.54) is 5.56 Å². The van der Waals surface area contributed by atoms with Gasteiger partial charge in [-0.1, -0.05) is 24.3 Å². The van der Waals surface area contributed by atoms with Crippen LogP contribution < -0.4 is 20.7 Å². The Labute approximate surface area is 188 Å². The molecular weight excluding hydrogens is 398 g/mol. The summed E-state index contributed by atoms with van der Waals surface area (Å²) >= 11 is 0. The molecule has 4 aromatic carbocycles. The molecule has 0 spiro atoms. The van der Waals surface area contributed by atoms with Crippen LogP contribution in [-0.2, 0) is 13.1 Å².